The number of nitrogens with one attached hydrogen (secondary N) is 2. The highest BCUT2D eigenvalue weighted by Gasteiger charge is 2.38. The van der Waals surface area contributed by atoms with Gasteiger partial charge in [-0.1, -0.05) is 48.5 Å². The van der Waals surface area contributed by atoms with E-state index in [0.717, 1.165) is 18.4 Å². The van der Waals surface area contributed by atoms with Crippen LogP contribution in [-0.2, 0) is 23.9 Å². The second kappa shape index (κ2) is 15.5. The van der Waals surface area contributed by atoms with Gasteiger partial charge in [0, 0.05) is 11.6 Å². The fourth-order valence-electron chi connectivity index (χ4n) is 6.08. The molecule has 3 atom stereocenters. The van der Waals surface area contributed by atoms with E-state index in [-0.39, 0.29) is 42.7 Å². The van der Waals surface area contributed by atoms with Crippen LogP contribution in [0.2, 0.25) is 0 Å². The van der Waals surface area contributed by atoms with E-state index < -0.39 is 22.8 Å². The lowest BCUT2D eigenvalue weighted by Crippen LogP contribution is -2.38. The second-order valence-corrected chi connectivity index (χ2v) is 13.0. The standard InChI is InChI=1S/C30H48N2O7S/c1-8-30(9-2,11-10-12-40-24(38-17-33)15-23(34)35)29(37)32-27-25(22(16-31-27)18(3)4)28(36)39-26-20(6)13-19(5)14-21(26)7/h16-21,24,26,31H,8-15H2,1-7H3,(H,32,37)(H,34,35). The number of anilines is 1. The number of H-pyrrole nitrogens is 1. The summed E-state index contributed by atoms with van der Waals surface area (Å²) in [5.74, 6) is 0.458. The number of ether oxygens (including phenoxy) is 2. The highest BCUT2D eigenvalue weighted by Crippen LogP contribution is 2.38. The fraction of sp³-hybridized carbons (Fsp3) is 0.733. The van der Waals surface area contributed by atoms with Gasteiger partial charge in [-0.2, -0.15) is 0 Å². The van der Waals surface area contributed by atoms with Crippen LogP contribution in [0.25, 0.3) is 0 Å². The Labute approximate surface area is 242 Å². The van der Waals surface area contributed by atoms with Crippen molar-refractivity contribution in [2.75, 3.05) is 11.1 Å². The van der Waals surface area contributed by atoms with Crippen molar-refractivity contribution < 1.29 is 33.8 Å². The molecule has 1 fully saturated rings. The van der Waals surface area contributed by atoms with Crippen molar-refractivity contribution in [3.05, 3.63) is 17.3 Å². The lowest BCUT2D eigenvalue weighted by Gasteiger charge is -2.37. The Hall–Kier alpha value is -2.49. The summed E-state index contributed by atoms with van der Waals surface area (Å²) in [4.78, 5) is 52.2. The van der Waals surface area contributed by atoms with Gasteiger partial charge in [-0.15, -0.1) is 11.8 Å². The van der Waals surface area contributed by atoms with Crippen LogP contribution in [0.5, 0.6) is 0 Å². The minimum absolute atomic E-state index is 0.0529. The number of carboxylic acids is 1. The highest BCUT2D eigenvalue weighted by atomic mass is 32.2. The van der Waals surface area contributed by atoms with Crippen molar-refractivity contribution in [2.24, 2.45) is 23.2 Å². The van der Waals surface area contributed by atoms with E-state index in [0.29, 0.717) is 48.7 Å². The van der Waals surface area contributed by atoms with Crippen LogP contribution in [-0.4, -0.2) is 51.7 Å². The van der Waals surface area contributed by atoms with Gasteiger partial charge in [0.05, 0.1) is 6.42 Å². The summed E-state index contributed by atoms with van der Waals surface area (Å²) in [6.45, 7) is 14.7. The van der Waals surface area contributed by atoms with Gasteiger partial charge in [0.25, 0.3) is 6.47 Å². The number of hydrogen-bond donors (Lipinski definition) is 3. The van der Waals surface area contributed by atoms with Crippen molar-refractivity contribution in [1.29, 1.82) is 0 Å². The van der Waals surface area contributed by atoms with Crippen LogP contribution in [0.3, 0.4) is 0 Å². The number of carbonyl (C=O) groups excluding carboxylic acids is 3. The van der Waals surface area contributed by atoms with Crippen molar-refractivity contribution in [1.82, 2.24) is 4.98 Å². The molecule has 2 rings (SSSR count). The van der Waals surface area contributed by atoms with Crippen LogP contribution in [0.4, 0.5) is 5.82 Å². The van der Waals surface area contributed by atoms with Crippen molar-refractivity contribution in [2.45, 2.75) is 111 Å². The largest absolute Gasteiger partial charge is 0.481 e. The third-order valence-corrected chi connectivity index (χ3v) is 9.55. The molecule has 1 aliphatic rings. The van der Waals surface area contributed by atoms with Crippen molar-refractivity contribution in [3.63, 3.8) is 0 Å². The number of rotatable bonds is 16. The molecule has 1 aromatic rings. The summed E-state index contributed by atoms with van der Waals surface area (Å²) >= 11 is 1.25. The van der Waals surface area contributed by atoms with Crippen LogP contribution < -0.4 is 5.32 Å². The highest BCUT2D eigenvalue weighted by molar-refractivity contribution is 7.99. The Balaban J connectivity index is 2.17. The second-order valence-electron chi connectivity index (χ2n) is 11.7. The molecule has 40 heavy (non-hydrogen) atoms. The molecule has 3 N–H and O–H groups in total. The number of thioether (sulfide) groups is 1. The Morgan fingerprint density at radius 2 is 1.80 bits per heavy atom. The summed E-state index contributed by atoms with van der Waals surface area (Å²) in [5, 5.41) is 12.0. The maximum Gasteiger partial charge on any atom is 0.342 e. The molecule has 0 radical (unpaired) electrons. The van der Waals surface area contributed by atoms with E-state index in [9.17, 15) is 19.2 Å². The Morgan fingerprint density at radius 1 is 1.18 bits per heavy atom. The lowest BCUT2D eigenvalue weighted by molar-refractivity contribution is -0.140. The molecule has 0 spiro atoms. The first-order valence-corrected chi connectivity index (χ1v) is 15.6. The summed E-state index contributed by atoms with van der Waals surface area (Å²) < 4.78 is 11.0. The quantitative estimate of drug-likeness (QED) is 0.0862. The van der Waals surface area contributed by atoms with Crippen LogP contribution in [0, 0.1) is 23.2 Å². The Kier molecular flexibility index (Phi) is 13.1. The van der Waals surface area contributed by atoms with Crippen molar-refractivity contribution >= 4 is 41.9 Å². The predicted molar refractivity (Wildman–Crippen MR) is 157 cm³/mol. The average molecular weight is 581 g/mol. The van der Waals surface area contributed by atoms with E-state index in [2.05, 4.69) is 31.1 Å². The first-order chi connectivity index (χ1) is 18.9. The van der Waals surface area contributed by atoms with Gasteiger partial charge < -0.3 is 24.9 Å². The van der Waals surface area contributed by atoms with Crippen molar-refractivity contribution in [3.8, 4) is 0 Å². The smallest absolute Gasteiger partial charge is 0.342 e. The number of aromatic nitrogens is 1. The number of carbonyl (C=O) groups is 4. The third kappa shape index (κ3) is 8.75. The zero-order chi connectivity index (χ0) is 30.0. The Morgan fingerprint density at radius 3 is 2.33 bits per heavy atom. The Bertz CT molecular complexity index is 992. The number of aliphatic carboxylic acids is 1. The van der Waals surface area contributed by atoms with E-state index in [1.54, 1.807) is 6.20 Å². The molecule has 1 saturated carbocycles. The van der Waals surface area contributed by atoms with Crippen LogP contribution in [0.1, 0.15) is 115 Å². The monoisotopic (exact) mass is 580 g/mol. The molecule has 10 heteroatoms. The van der Waals surface area contributed by atoms with Gasteiger partial charge in [-0.3, -0.25) is 14.4 Å². The molecule has 1 aromatic heterocycles. The van der Waals surface area contributed by atoms with Crippen LogP contribution in [0.15, 0.2) is 6.20 Å². The van der Waals surface area contributed by atoms with Gasteiger partial charge >= 0.3 is 11.9 Å². The third-order valence-electron chi connectivity index (χ3n) is 8.38. The lowest BCUT2D eigenvalue weighted by atomic mass is 9.75. The topological polar surface area (TPSA) is 135 Å². The van der Waals surface area contributed by atoms with E-state index in [1.807, 2.05) is 27.7 Å². The SMILES string of the molecule is CCC(CC)(CCCSC(CC(=O)O)OC=O)C(=O)Nc1[nH]cc(C(C)C)c1C(=O)OC1C(C)CC(C)CC1C. The molecule has 0 bridgehead atoms. The zero-order valence-electron chi connectivity index (χ0n) is 25.1. The number of hydrogen-bond acceptors (Lipinski definition) is 7. The van der Waals surface area contributed by atoms with E-state index >= 15 is 0 Å². The molecule has 1 amide bonds. The molecular weight excluding hydrogens is 532 g/mol. The first kappa shape index (κ1) is 33.7. The average Bonchev–Trinajstić information content (AvgIpc) is 3.30. The number of aromatic amines is 1. The summed E-state index contributed by atoms with van der Waals surface area (Å²) in [7, 11) is 0. The molecule has 226 valence electrons. The molecule has 0 aromatic carbocycles. The number of amides is 1. The molecule has 1 heterocycles. The molecule has 3 unspecified atom stereocenters. The van der Waals surface area contributed by atoms with Gasteiger partial charge in [-0.25, -0.2) is 4.79 Å². The number of esters is 1. The molecule has 0 aliphatic heterocycles. The van der Waals surface area contributed by atoms with Gasteiger partial charge in [0.2, 0.25) is 5.91 Å². The van der Waals surface area contributed by atoms with E-state index in [4.69, 9.17) is 14.6 Å². The van der Waals surface area contributed by atoms with Gasteiger partial charge in [0.15, 0.2) is 5.44 Å². The molecule has 9 nitrogen and oxygen atoms in total. The zero-order valence-corrected chi connectivity index (χ0v) is 25.9. The van der Waals surface area contributed by atoms with Gasteiger partial charge in [0.1, 0.15) is 17.5 Å². The normalized spacial score (nSPS) is 22.0. The first-order valence-electron chi connectivity index (χ1n) is 14.5. The van der Waals surface area contributed by atoms with Gasteiger partial charge in [-0.05, 0) is 73.5 Å². The predicted octanol–water partition coefficient (Wildman–Crippen LogP) is 6.60. The van der Waals surface area contributed by atoms with E-state index in [1.165, 1.54) is 11.8 Å². The molecule has 0 saturated heterocycles. The van der Waals surface area contributed by atoms with Crippen LogP contribution >= 0.6 is 11.8 Å². The molecule has 1 aliphatic carbocycles. The minimum atomic E-state index is -1.04. The maximum atomic E-state index is 13.7. The maximum absolute atomic E-state index is 13.7. The summed E-state index contributed by atoms with van der Waals surface area (Å²) in [5.41, 5.74) is -0.248. The number of carboxylic acid groups (broad SMARTS) is 1. The summed E-state index contributed by atoms with van der Waals surface area (Å²) in [6, 6.07) is 0. The summed E-state index contributed by atoms with van der Waals surface area (Å²) in [6.07, 6.45) is 5.74. The minimum Gasteiger partial charge on any atom is -0.481 e. The fourth-order valence-corrected chi connectivity index (χ4v) is 7.04. The molecular formula is C30H48N2O7S.